The van der Waals surface area contributed by atoms with Crippen LogP contribution in [-0.2, 0) is 11.3 Å². The van der Waals surface area contributed by atoms with Gasteiger partial charge in [0.15, 0.2) is 5.82 Å². The standard InChI is InChI=1S/C13H11N7O/c21-12(8-20-9-16-18-19-20)17-11-6-14-13(15-7-11)10-4-2-1-3-5-10/h1-7,9H,8H2,(H,17,21). The van der Waals surface area contributed by atoms with Gasteiger partial charge in [0.1, 0.15) is 12.9 Å². The number of carbonyl (C=O) groups is 1. The molecule has 0 aliphatic rings. The van der Waals surface area contributed by atoms with E-state index in [1.54, 1.807) is 12.4 Å². The summed E-state index contributed by atoms with van der Waals surface area (Å²) in [5.74, 6) is 0.354. The number of nitrogens with zero attached hydrogens (tertiary/aromatic N) is 6. The maximum atomic E-state index is 11.8. The number of carbonyl (C=O) groups excluding carboxylic acids is 1. The second kappa shape index (κ2) is 5.87. The SMILES string of the molecule is O=C(Cn1cnnn1)Nc1cnc(-c2ccccc2)nc1. The molecule has 2 aromatic heterocycles. The number of nitrogens with one attached hydrogen (secondary N) is 1. The van der Waals surface area contributed by atoms with Gasteiger partial charge in [-0.1, -0.05) is 30.3 Å². The van der Waals surface area contributed by atoms with Crippen molar-refractivity contribution in [2.45, 2.75) is 6.54 Å². The molecular weight excluding hydrogens is 270 g/mol. The van der Waals surface area contributed by atoms with Gasteiger partial charge in [0, 0.05) is 5.56 Å². The van der Waals surface area contributed by atoms with Crippen LogP contribution in [0.25, 0.3) is 11.4 Å². The number of tetrazole rings is 1. The lowest BCUT2D eigenvalue weighted by Crippen LogP contribution is -2.19. The van der Waals surface area contributed by atoms with Gasteiger partial charge >= 0.3 is 0 Å². The Morgan fingerprint density at radius 1 is 1.14 bits per heavy atom. The Labute approximate surface area is 119 Å². The number of hydrogen-bond acceptors (Lipinski definition) is 6. The lowest BCUT2D eigenvalue weighted by atomic mass is 10.2. The summed E-state index contributed by atoms with van der Waals surface area (Å²) in [5, 5.41) is 13.2. The zero-order valence-electron chi connectivity index (χ0n) is 10.9. The summed E-state index contributed by atoms with van der Waals surface area (Å²) in [6.07, 6.45) is 4.49. The van der Waals surface area contributed by atoms with E-state index in [1.807, 2.05) is 30.3 Å². The lowest BCUT2D eigenvalue weighted by Gasteiger charge is -2.05. The smallest absolute Gasteiger partial charge is 0.246 e. The van der Waals surface area contributed by atoms with E-state index in [9.17, 15) is 4.79 Å². The fourth-order valence-corrected chi connectivity index (χ4v) is 1.73. The molecule has 0 atom stereocenters. The molecule has 0 aliphatic heterocycles. The van der Waals surface area contributed by atoms with Crippen molar-refractivity contribution in [2.75, 3.05) is 5.32 Å². The fourth-order valence-electron chi connectivity index (χ4n) is 1.73. The third-order valence-corrected chi connectivity index (χ3v) is 2.66. The van der Waals surface area contributed by atoms with Crippen molar-refractivity contribution in [2.24, 2.45) is 0 Å². The van der Waals surface area contributed by atoms with E-state index < -0.39 is 0 Å². The van der Waals surface area contributed by atoms with Crippen LogP contribution in [0.1, 0.15) is 0 Å². The van der Waals surface area contributed by atoms with Crippen molar-refractivity contribution in [3.63, 3.8) is 0 Å². The number of amides is 1. The molecule has 8 heteroatoms. The fraction of sp³-hybridized carbons (Fsp3) is 0.0769. The summed E-state index contributed by atoms with van der Waals surface area (Å²) in [4.78, 5) is 20.2. The summed E-state index contributed by atoms with van der Waals surface area (Å²) in [7, 11) is 0. The van der Waals surface area contributed by atoms with Crippen molar-refractivity contribution in [1.29, 1.82) is 0 Å². The molecule has 1 aromatic carbocycles. The topological polar surface area (TPSA) is 98.5 Å². The summed E-state index contributed by atoms with van der Waals surface area (Å²) >= 11 is 0. The van der Waals surface area contributed by atoms with E-state index in [0.717, 1.165) is 5.56 Å². The van der Waals surface area contributed by atoms with Crippen molar-refractivity contribution in [3.05, 3.63) is 49.1 Å². The molecule has 0 unspecified atom stereocenters. The molecule has 21 heavy (non-hydrogen) atoms. The third-order valence-electron chi connectivity index (χ3n) is 2.66. The molecule has 8 nitrogen and oxygen atoms in total. The van der Waals surface area contributed by atoms with Crippen LogP contribution in [0.15, 0.2) is 49.1 Å². The minimum atomic E-state index is -0.252. The zero-order chi connectivity index (χ0) is 14.5. The Kier molecular flexibility index (Phi) is 3.59. The highest BCUT2D eigenvalue weighted by Gasteiger charge is 2.06. The Hall–Kier alpha value is -3.16. The van der Waals surface area contributed by atoms with Crippen LogP contribution in [0.5, 0.6) is 0 Å². The predicted octanol–water partition coefficient (Wildman–Crippen LogP) is 0.769. The van der Waals surface area contributed by atoms with E-state index in [4.69, 9.17) is 0 Å². The normalized spacial score (nSPS) is 10.3. The first-order valence-corrected chi connectivity index (χ1v) is 6.19. The first kappa shape index (κ1) is 12.9. The number of hydrogen-bond donors (Lipinski definition) is 1. The number of rotatable bonds is 4. The highest BCUT2D eigenvalue weighted by molar-refractivity contribution is 5.90. The molecule has 0 saturated heterocycles. The van der Waals surface area contributed by atoms with Gasteiger partial charge in [0.2, 0.25) is 5.91 Å². The van der Waals surface area contributed by atoms with Crippen LogP contribution in [0.3, 0.4) is 0 Å². The maximum absolute atomic E-state index is 11.8. The average Bonchev–Trinajstić information content (AvgIpc) is 3.02. The molecular formula is C13H11N7O. The maximum Gasteiger partial charge on any atom is 0.246 e. The largest absolute Gasteiger partial charge is 0.322 e. The second-order valence-electron chi connectivity index (χ2n) is 4.22. The lowest BCUT2D eigenvalue weighted by molar-refractivity contribution is -0.116. The molecule has 3 aromatic rings. The van der Waals surface area contributed by atoms with E-state index in [1.165, 1.54) is 11.0 Å². The van der Waals surface area contributed by atoms with Gasteiger partial charge in [-0.2, -0.15) is 0 Å². The highest BCUT2D eigenvalue weighted by Crippen LogP contribution is 2.14. The Morgan fingerprint density at radius 2 is 1.90 bits per heavy atom. The van der Waals surface area contributed by atoms with Gasteiger partial charge in [-0.3, -0.25) is 4.79 Å². The van der Waals surface area contributed by atoms with Crippen LogP contribution < -0.4 is 5.32 Å². The average molecular weight is 281 g/mol. The molecule has 3 rings (SSSR count). The highest BCUT2D eigenvalue weighted by atomic mass is 16.2. The van der Waals surface area contributed by atoms with E-state index in [2.05, 4.69) is 30.8 Å². The van der Waals surface area contributed by atoms with Gasteiger partial charge in [-0.15, -0.1) is 5.10 Å². The first-order valence-electron chi connectivity index (χ1n) is 6.19. The van der Waals surface area contributed by atoms with E-state index in [-0.39, 0.29) is 12.5 Å². The second-order valence-corrected chi connectivity index (χ2v) is 4.22. The van der Waals surface area contributed by atoms with Crippen LogP contribution >= 0.6 is 0 Å². The summed E-state index contributed by atoms with van der Waals surface area (Å²) in [6, 6.07) is 9.61. The molecule has 1 N–H and O–H groups in total. The minimum Gasteiger partial charge on any atom is -0.322 e. The molecule has 0 bridgehead atoms. The molecule has 0 saturated carbocycles. The van der Waals surface area contributed by atoms with Gasteiger partial charge in [-0.05, 0) is 10.4 Å². The Balaban J connectivity index is 1.66. The zero-order valence-corrected chi connectivity index (χ0v) is 10.9. The summed E-state index contributed by atoms with van der Waals surface area (Å²) in [6.45, 7) is 0.0352. The number of aromatic nitrogens is 6. The van der Waals surface area contributed by atoms with Crippen molar-refractivity contribution in [3.8, 4) is 11.4 Å². The van der Waals surface area contributed by atoms with E-state index in [0.29, 0.717) is 11.5 Å². The molecule has 104 valence electrons. The Morgan fingerprint density at radius 3 is 2.57 bits per heavy atom. The van der Waals surface area contributed by atoms with Gasteiger partial charge in [0.05, 0.1) is 18.1 Å². The van der Waals surface area contributed by atoms with E-state index >= 15 is 0 Å². The molecule has 0 radical (unpaired) electrons. The molecule has 0 spiro atoms. The summed E-state index contributed by atoms with van der Waals surface area (Å²) < 4.78 is 1.33. The van der Waals surface area contributed by atoms with Crippen LogP contribution in [0.4, 0.5) is 5.69 Å². The summed E-state index contributed by atoms with van der Waals surface area (Å²) in [5.41, 5.74) is 1.44. The van der Waals surface area contributed by atoms with Crippen LogP contribution in [0.2, 0.25) is 0 Å². The predicted molar refractivity (Wildman–Crippen MR) is 73.9 cm³/mol. The van der Waals surface area contributed by atoms with Crippen LogP contribution in [-0.4, -0.2) is 36.1 Å². The molecule has 1 amide bonds. The van der Waals surface area contributed by atoms with Gasteiger partial charge in [0.25, 0.3) is 0 Å². The Bertz CT molecular complexity index is 710. The molecule has 2 heterocycles. The van der Waals surface area contributed by atoms with Gasteiger partial charge < -0.3 is 5.32 Å². The first-order chi connectivity index (χ1) is 10.3. The molecule has 0 fully saturated rings. The van der Waals surface area contributed by atoms with Crippen molar-refractivity contribution in [1.82, 2.24) is 30.2 Å². The monoisotopic (exact) mass is 281 g/mol. The van der Waals surface area contributed by atoms with Crippen LogP contribution in [0, 0.1) is 0 Å². The van der Waals surface area contributed by atoms with Crippen molar-refractivity contribution < 1.29 is 4.79 Å². The minimum absolute atomic E-state index is 0.0352. The number of anilines is 1. The number of benzene rings is 1. The molecule has 0 aliphatic carbocycles. The van der Waals surface area contributed by atoms with Gasteiger partial charge in [-0.25, -0.2) is 14.6 Å². The van der Waals surface area contributed by atoms with Crippen molar-refractivity contribution >= 4 is 11.6 Å². The quantitative estimate of drug-likeness (QED) is 0.758. The third kappa shape index (κ3) is 3.24.